The zero-order valence-electron chi connectivity index (χ0n) is 13.5. The van der Waals surface area contributed by atoms with Crippen LogP contribution in [0.2, 0.25) is 0 Å². The van der Waals surface area contributed by atoms with E-state index in [2.05, 4.69) is 10.6 Å². The quantitative estimate of drug-likeness (QED) is 0.884. The predicted molar refractivity (Wildman–Crippen MR) is 89.4 cm³/mol. The lowest BCUT2D eigenvalue weighted by Gasteiger charge is -2.24. The average Bonchev–Trinajstić information content (AvgIpc) is 3.21. The van der Waals surface area contributed by atoms with Crippen molar-refractivity contribution >= 4 is 18.3 Å². The largest absolute Gasteiger partial charge is 0.496 e. The van der Waals surface area contributed by atoms with E-state index in [0.29, 0.717) is 11.3 Å². The Hall–Kier alpha value is -1.33. The lowest BCUT2D eigenvalue weighted by Crippen LogP contribution is -2.34. The maximum absolute atomic E-state index is 13.5. The molecule has 2 N–H and O–H groups in total. The highest BCUT2D eigenvalue weighted by atomic mass is 35.5. The molecule has 0 radical (unpaired) electrons. The summed E-state index contributed by atoms with van der Waals surface area (Å²) in [5, 5.41) is 6.36. The number of piperidine rings is 1. The van der Waals surface area contributed by atoms with Gasteiger partial charge in [0.05, 0.1) is 13.2 Å². The van der Waals surface area contributed by atoms with Crippen LogP contribution >= 0.6 is 12.4 Å². The molecule has 4 nitrogen and oxygen atoms in total. The van der Waals surface area contributed by atoms with Gasteiger partial charge in [-0.3, -0.25) is 4.79 Å². The fourth-order valence-electron chi connectivity index (χ4n) is 3.63. The molecule has 1 aromatic carbocycles. The molecule has 3 rings (SSSR count). The number of carbonyl (C=O) groups is 1. The summed E-state index contributed by atoms with van der Waals surface area (Å²) in [6, 6.07) is 4.12. The van der Waals surface area contributed by atoms with Crippen LogP contribution in [-0.4, -0.2) is 26.1 Å². The molecule has 2 fully saturated rings. The number of amides is 1. The maximum Gasteiger partial charge on any atom is 0.224 e. The van der Waals surface area contributed by atoms with Gasteiger partial charge in [-0.25, -0.2) is 4.39 Å². The van der Waals surface area contributed by atoms with Crippen molar-refractivity contribution < 1.29 is 13.9 Å². The molecule has 1 spiro atoms. The van der Waals surface area contributed by atoms with Gasteiger partial charge in [-0.1, -0.05) is 0 Å². The van der Waals surface area contributed by atoms with Crippen LogP contribution in [0.15, 0.2) is 18.2 Å². The van der Waals surface area contributed by atoms with Gasteiger partial charge in [-0.15, -0.1) is 12.4 Å². The zero-order valence-corrected chi connectivity index (χ0v) is 14.3. The molecule has 2 unspecified atom stereocenters. The minimum Gasteiger partial charge on any atom is -0.496 e. The first-order valence-electron chi connectivity index (χ1n) is 7.90. The second kappa shape index (κ2) is 7.05. The summed E-state index contributed by atoms with van der Waals surface area (Å²) in [6.45, 7) is 3.86. The topological polar surface area (TPSA) is 50.4 Å². The summed E-state index contributed by atoms with van der Waals surface area (Å²) in [5.74, 6) is 0.469. The highest BCUT2D eigenvalue weighted by Crippen LogP contribution is 2.58. The van der Waals surface area contributed by atoms with Crippen molar-refractivity contribution in [3.8, 4) is 5.75 Å². The van der Waals surface area contributed by atoms with Gasteiger partial charge in [0.1, 0.15) is 11.6 Å². The van der Waals surface area contributed by atoms with E-state index >= 15 is 0 Å². The molecular formula is C17H24ClFN2O2. The SMILES string of the molecule is COc1ccc(F)cc1C(C)NC(=O)C1CC12CCNCC2.Cl. The molecule has 2 aliphatic rings. The number of hydrogen-bond donors (Lipinski definition) is 2. The second-order valence-corrected chi connectivity index (χ2v) is 6.49. The Bertz CT molecular complexity index is 576. The highest BCUT2D eigenvalue weighted by molar-refractivity contribution is 5.85. The number of hydrogen-bond acceptors (Lipinski definition) is 3. The monoisotopic (exact) mass is 342 g/mol. The molecule has 1 heterocycles. The van der Waals surface area contributed by atoms with Crippen LogP contribution in [0.4, 0.5) is 4.39 Å². The standard InChI is InChI=1S/C17H23FN2O2.ClH/c1-11(13-9-12(18)3-4-15(13)22-2)20-16(21)14-10-17(14)5-7-19-8-6-17;/h3-4,9,11,14,19H,5-8,10H2,1-2H3,(H,20,21);1H. The van der Waals surface area contributed by atoms with Crippen LogP contribution in [0, 0.1) is 17.2 Å². The molecule has 1 aliphatic heterocycles. The van der Waals surface area contributed by atoms with Crippen LogP contribution < -0.4 is 15.4 Å². The van der Waals surface area contributed by atoms with Crippen molar-refractivity contribution in [2.75, 3.05) is 20.2 Å². The minimum atomic E-state index is -0.321. The third-order valence-corrected chi connectivity index (χ3v) is 5.12. The van der Waals surface area contributed by atoms with E-state index in [1.54, 1.807) is 13.2 Å². The van der Waals surface area contributed by atoms with Crippen molar-refractivity contribution in [3.05, 3.63) is 29.6 Å². The molecule has 0 aromatic heterocycles. The van der Waals surface area contributed by atoms with Crippen molar-refractivity contribution in [1.82, 2.24) is 10.6 Å². The third-order valence-electron chi connectivity index (χ3n) is 5.12. The first-order valence-corrected chi connectivity index (χ1v) is 7.90. The molecule has 23 heavy (non-hydrogen) atoms. The summed E-state index contributed by atoms with van der Waals surface area (Å²) in [4.78, 5) is 12.5. The van der Waals surface area contributed by atoms with Crippen LogP contribution in [0.1, 0.15) is 37.8 Å². The molecule has 1 saturated heterocycles. The van der Waals surface area contributed by atoms with Crippen molar-refractivity contribution in [2.24, 2.45) is 11.3 Å². The molecule has 6 heteroatoms. The third kappa shape index (κ3) is 3.61. The van der Waals surface area contributed by atoms with Crippen molar-refractivity contribution in [1.29, 1.82) is 0 Å². The Morgan fingerprint density at radius 3 is 2.78 bits per heavy atom. The highest BCUT2D eigenvalue weighted by Gasteiger charge is 2.57. The average molecular weight is 343 g/mol. The molecule has 1 aromatic rings. The molecule has 2 atom stereocenters. The summed E-state index contributed by atoms with van der Waals surface area (Å²) >= 11 is 0. The Kier molecular flexibility index (Phi) is 5.53. The summed E-state index contributed by atoms with van der Waals surface area (Å²) < 4.78 is 18.7. The van der Waals surface area contributed by atoms with Gasteiger partial charge >= 0.3 is 0 Å². The van der Waals surface area contributed by atoms with E-state index in [1.807, 2.05) is 6.92 Å². The fourth-order valence-corrected chi connectivity index (χ4v) is 3.63. The first-order chi connectivity index (χ1) is 10.6. The molecule has 1 amide bonds. The van der Waals surface area contributed by atoms with E-state index in [1.165, 1.54) is 12.1 Å². The first kappa shape index (κ1) is 18.0. The van der Waals surface area contributed by atoms with E-state index in [-0.39, 0.29) is 41.5 Å². The minimum absolute atomic E-state index is 0. The Morgan fingerprint density at radius 2 is 2.13 bits per heavy atom. The summed E-state index contributed by atoms with van der Waals surface area (Å²) in [5.41, 5.74) is 0.886. The van der Waals surface area contributed by atoms with Crippen LogP contribution in [0.3, 0.4) is 0 Å². The summed E-state index contributed by atoms with van der Waals surface area (Å²) in [6.07, 6.45) is 3.12. The second-order valence-electron chi connectivity index (χ2n) is 6.49. The van der Waals surface area contributed by atoms with Crippen molar-refractivity contribution in [2.45, 2.75) is 32.2 Å². The van der Waals surface area contributed by atoms with Gasteiger partial charge < -0.3 is 15.4 Å². The smallest absolute Gasteiger partial charge is 0.224 e. The molecule has 128 valence electrons. The number of halogens is 2. The zero-order chi connectivity index (χ0) is 15.7. The van der Waals surface area contributed by atoms with Crippen molar-refractivity contribution in [3.63, 3.8) is 0 Å². The van der Waals surface area contributed by atoms with Gasteiger partial charge in [0.25, 0.3) is 0 Å². The van der Waals surface area contributed by atoms with E-state index in [4.69, 9.17) is 4.74 Å². The predicted octanol–water partition coefficient (Wildman–Crippen LogP) is 2.82. The van der Waals surface area contributed by atoms with Crippen LogP contribution in [-0.2, 0) is 4.79 Å². The molecular weight excluding hydrogens is 319 g/mol. The van der Waals surface area contributed by atoms with Gasteiger partial charge in [0, 0.05) is 11.5 Å². The fraction of sp³-hybridized carbons (Fsp3) is 0.588. The van der Waals surface area contributed by atoms with Gasteiger partial charge in [0.15, 0.2) is 0 Å². The number of benzene rings is 1. The number of nitrogens with one attached hydrogen (secondary N) is 2. The Morgan fingerprint density at radius 1 is 1.43 bits per heavy atom. The number of rotatable bonds is 4. The lowest BCUT2D eigenvalue weighted by atomic mass is 9.91. The van der Waals surface area contributed by atoms with E-state index < -0.39 is 0 Å². The lowest BCUT2D eigenvalue weighted by molar-refractivity contribution is -0.123. The van der Waals surface area contributed by atoms with Gasteiger partial charge in [-0.05, 0) is 62.9 Å². The van der Waals surface area contributed by atoms with Gasteiger partial charge in [0.2, 0.25) is 5.91 Å². The van der Waals surface area contributed by atoms with Crippen LogP contribution in [0.25, 0.3) is 0 Å². The number of carbonyl (C=O) groups excluding carboxylic acids is 1. The normalized spacial score (nSPS) is 22.8. The summed E-state index contributed by atoms with van der Waals surface area (Å²) in [7, 11) is 1.55. The molecule has 1 saturated carbocycles. The Balaban J connectivity index is 0.00000192. The van der Waals surface area contributed by atoms with Crippen LogP contribution in [0.5, 0.6) is 5.75 Å². The molecule has 1 aliphatic carbocycles. The number of ether oxygens (including phenoxy) is 1. The van der Waals surface area contributed by atoms with Gasteiger partial charge in [-0.2, -0.15) is 0 Å². The number of methoxy groups -OCH3 is 1. The van der Waals surface area contributed by atoms with E-state index in [9.17, 15) is 9.18 Å². The Labute approximate surface area is 142 Å². The maximum atomic E-state index is 13.5. The molecule has 0 bridgehead atoms. The van der Waals surface area contributed by atoms with E-state index in [0.717, 1.165) is 32.4 Å².